The number of rotatable bonds is 4. The van der Waals surface area contributed by atoms with Crippen LogP contribution in [0.3, 0.4) is 0 Å². The molecule has 1 aromatic carbocycles. The summed E-state index contributed by atoms with van der Waals surface area (Å²) >= 11 is 0. The predicted molar refractivity (Wildman–Crippen MR) is 97.7 cm³/mol. The molecule has 1 aromatic rings. The van der Waals surface area contributed by atoms with Gasteiger partial charge in [0.2, 0.25) is 5.91 Å². The molecule has 1 unspecified atom stereocenters. The van der Waals surface area contributed by atoms with E-state index in [9.17, 15) is 14.3 Å². The Labute approximate surface area is 154 Å². The Morgan fingerprint density at radius 2 is 2.04 bits per heavy atom. The maximum absolute atomic E-state index is 13.4. The number of carbonyl (C=O) groups excluding carboxylic acids is 1. The van der Waals surface area contributed by atoms with Crippen LogP contribution in [0.5, 0.6) is 5.75 Å². The molecule has 1 atom stereocenters. The van der Waals surface area contributed by atoms with Gasteiger partial charge in [0.1, 0.15) is 23.8 Å². The number of amides is 1. The van der Waals surface area contributed by atoms with Crippen molar-refractivity contribution >= 4 is 5.91 Å². The lowest BCUT2D eigenvalue weighted by Gasteiger charge is -2.35. The molecule has 0 radical (unpaired) electrons. The van der Waals surface area contributed by atoms with Gasteiger partial charge in [-0.1, -0.05) is 12.8 Å². The largest absolute Gasteiger partial charge is 0.490 e. The molecule has 3 rings (SSSR count). The smallest absolute Gasteiger partial charge is 0.219 e. The number of halogens is 1. The van der Waals surface area contributed by atoms with Gasteiger partial charge >= 0.3 is 0 Å². The van der Waals surface area contributed by atoms with Gasteiger partial charge in [0, 0.05) is 32.6 Å². The topological polar surface area (TPSA) is 53.0 Å². The second-order valence-corrected chi connectivity index (χ2v) is 7.77. The van der Waals surface area contributed by atoms with Crippen LogP contribution in [0.1, 0.15) is 38.2 Å². The van der Waals surface area contributed by atoms with Gasteiger partial charge < -0.3 is 14.7 Å². The van der Waals surface area contributed by atoms with E-state index < -0.39 is 5.60 Å². The maximum Gasteiger partial charge on any atom is 0.219 e. The highest BCUT2D eigenvalue weighted by Gasteiger charge is 2.39. The Hall–Kier alpha value is -1.66. The Morgan fingerprint density at radius 1 is 1.31 bits per heavy atom. The van der Waals surface area contributed by atoms with Crippen molar-refractivity contribution in [3.8, 4) is 5.75 Å². The van der Waals surface area contributed by atoms with Crippen LogP contribution in [0.25, 0.3) is 0 Å². The molecule has 1 amide bonds. The molecule has 1 heterocycles. The van der Waals surface area contributed by atoms with Gasteiger partial charge in [0.25, 0.3) is 0 Å². The number of benzene rings is 1. The third-order valence-electron chi connectivity index (χ3n) is 5.56. The number of hydrogen-bond donors (Lipinski definition) is 1. The van der Waals surface area contributed by atoms with Crippen LogP contribution in [0.4, 0.5) is 4.39 Å². The third kappa shape index (κ3) is 4.54. The third-order valence-corrected chi connectivity index (χ3v) is 5.56. The molecule has 0 spiro atoms. The number of aliphatic hydroxyl groups is 1. The molecule has 5 nitrogen and oxygen atoms in total. The molecule has 1 N–H and O–H groups in total. The Morgan fingerprint density at radius 3 is 2.69 bits per heavy atom. The Kier molecular flexibility index (Phi) is 5.82. The van der Waals surface area contributed by atoms with Crippen LogP contribution in [0, 0.1) is 12.7 Å². The van der Waals surface area contributed by atoms with E-state index in [4.69, 9.17) is 4.74 Å². The molecule has 2 fully saturated rings. The molecule has 0 bridgehead atoms. The first kappa shape index (κ1) is 19.1. The van der Waals surface area contributed by atoms with Gasteiger partial charge in [-0.15, -0.1) is 0 Å². The summed E-state index contributed by atoms with van der Waals surface area (Å²) in [7, 11) is 0. The molecule has 2 aliphatic rings. The number of nitrogens with zero attached hydrogens (tertiary/aromatic N) is 2. The van der Waals surface area contributed by atoms with Gasteiger partial charge in [0.05, 0.1) is 6.54 Å². The van der Waals surface area contributed by atoms with Gasteiger partial charge in [-0.25, -0.2) is 4.39 Å². The summed E-state index contributed by atoms with van der Waals surface area (Å²) in [6.45, 7) is 5.45. The van der Waals surface area contributed by atoms with Crippen LogP contribution in [0.2, 0.25) is 0 Å². The van der Waals surface area contributed by atoms with Gasteiger partial charge in [-0.2, -0.15) is 0 Å². The molecule has 26 heavy (non-hydrogen) atoms. The van der Waals surface area contributed by atoms with Crippen LogP contribution >= 0.6 is 0 Å². The highest BCUT2D eigenvalue weighted by Crippen LogP contribution is 2.27. The SMILES string of the molecule is CC(=O)N1CCN(C2CCCC2)CC(O)(COc2ccc(F)c(C)c2)C1. The summed E-state index contributed by atoms with van der Waals surface area (Å²) in [4.78, 5) is 16.0. The van der Waals surface area contributed by atoms with Crippen LogP contribution < -0.4 is 4.74 Å². The van der Waals surface area contributed by atoms with Crippen LogP contribution in [0.15, 0.2) is 18.2 Å². The van der Waals surface area contributed by atoms with Crippen molar-refractivity contribution in [2.75, 3.05) is 32.8 Å². The van der Waals surface area contributed by atoms with Crippen molar-refractivity contribution in [2.45, 2.75) is 51.2 Å². The zero-order valence-electron chi connectivity index (χ0n) is 15.7. The lowest BCUT2D eigenvalue weighted by atomic mass is 10.0. The maximum atomic E-state index is 13.4. The van der Waals surface area contributed by atoms with E-state index in [2.05, 4.69) is 4.90 Å². The number of carbonyl (C=O) groups is 1. The number of ether oxygens (including phenoxy) is 1. The molecule has 1 saturated carbocycles. The molecule has 1 aliphatic carbocycles. The number of β-amino-alcohol motifs (C(OH)–C–C–N with tert-alkyl or cyclic N) is 1. The summed E-state index contributed by atoms with van der Waals surface area (Å²) in [5, 5.41) is 11.3. The van der Waals surface area contributed by atoms with E-state index in [1.165, 1.54) is 25.8 Å². The standard InChI is InChI=1S/C20H29FN2O3/c1-15-11-18(7-8-19(15)21)26-14-20(25)12-22(16(2)24)9-10-23(13-20)17-5-3-4-6-17/h7-8,11,17,25H,3-6,9-10,12-14H2,1-2H3. The monoisotopic (exact) mass is 364 g/mol. The lowest BCUT2D eigenvalue weighted by Crippen LogP contribution is -2.53. The Bertz CT molecular complexity index is 648. The predicted octanol–water partition coefficient (Wildman–Crippen LogP) is 2.35. The molecule has 144 valence electrons. The van der Waals surface area contributed by atoms with Crippen molar-refractivity contribution in [1.29, 1.82) is 0 Å². The van der Waals surface area contributed by atoms with Gasteiger partial charge in [-0.3, -0.25) is 9.69 Å². The van der Waals surface area contributed by atoms with E-state index >= 15 is 0 Å². The summed E-state index contributed by atoms with van der Waals surface area (Å²) in [5.74, 6) is 0.221. The van der Waals surface area contributed by atoms with Crippen LogP contribution in [-0.2, 0) is 4.79 Å². The zero-order valence-corrected chi connectivity index (χ0v) is 15.7. The molecule has 1 aliphatic heterocycles. The Balaban J connectivity index is 1.72. The van der Waals surface area contributed by atoms with Gasteiger partial charge in [-0.05, 0) is 43.5 Å². The van der Waals surface area contributed by atoms with Gasteiger partial charge in [0.15, 0.2) is 0 Å². The lowest BCUT2D eigenvalue weighted by molar-refractivity contribution is -0.132. The first-order valence-electron chi connectivity index (χ1n) is 9.47. The van der Waals surface area contributed by atoms with E-state index in [0.29, 0.717) is 30.4 Å². The molecule has 0 aromatic heterocycles. The summed E-state index contributed by atoms with van der Waals surface area (Å²) in [6.07, 6.45) is 4.74. The second-order valence-electron chi connectivity index (χ2n) is 7.77. The first-order valence-corrected chi connectivity index (χ1v) is 9.47. The highest BCUT2D eigenvalue weighted by atomic mass is 19.1. The van der Waals surface area contributed by atoms with Crippen molar-refractivity contribution in [3.05, 3.63) is 29.6 Å². The number of hydrogen-bond acceptors (Lipinski definition) is 4. The molecular formula is C20H29FN2O3. The average molecular weight is 364 g/mol. The van der Waals surface area contributed by atoms with E-state index in [1.807, 2.05) is 0 Å². The van der Waals surface area contributed by atoms with Crippen LogP contribution in [-0.4, -0.2) is 65.2 Å². The zero-order chi connectivity index (χ0) is 18.7. The minimum Gasteiger partial charge on any atom is -0.490 e. The minimum absolute atomic E-state index is 0.0330. The van der Waals surface area contributed by atoms with E-state index in [-0.39, 0.29) is 24.9 Å². The van der Waals surface area contributed by atoms with Crippen molar-refractivity contribution in [3.63, 3.8) is 0 Å². The number of aryl methyl sites for hydroxylation is 1. The van der Waals surface area contributed by atoms with Crippen molar-refractivity contribution < 1.29 is 19.0 Å². The highest BCUT2D eigenvalue weighted by molar-refractivity contribution is 5.73. The normalized spacial score (nSPS) is 25.3. The fourth-order valence-electron chi connectivity index (χ4n) is 4.06. The molecule has 1 saturated heterocycles. The summed E-state index contributed by atoms with van der Waals surface area (Å²) in [5.41, 5.74) is -0.638. The average Bonchev–Trinajstić information content (AvgIpc) is 3.07. The second kappa shape index (κ2) is 7.92. The quantitative estimate of drug-likeness (QED) is 0.891. The minimum atomic E-state index is -1.15. The van der Waals surface area contributed by atoms with Crippen molar-refractivity contribution in [2.24, 2.45) is 0 Å². The fourth-order valence-corrected chi connectivity index (χ4v) is 4.06. The van der Waals surface area contributed by atoms with E-state index in [1.54, 1.807) is 24.0 Å². The molecular weight excluding hydrogens is 335 g/mol. The molecule has 6 heteroatoms. The summed E-state index contributed by atoms with van der Waals surface area (Å²) < 4.78 is 19.2. The fraction of sp³-hybridized carbons (Fsp3) is 0.650. The summed E-state index contributed by atoms with van der Waals surface area (Å²) in [6, 6.07) is 5.04. The van der Waals surface area contributed by atoms with E-state index in [0.717, 1.165) is 19.4 Å². The van der Waals surface area contributed by atoms with Crippen molar-refractivity contribution in [1.82, 2.24) is 9.80 Å². The first-order chi connectivity index (χ1) is 12.4.